The molecular formula is C22H42N6O2. The van der Waals surface area contributed by atoms with Gasteiger partial charge in [0.25, 0.3) is 0 Å². The third kappa shape index (κ3) is 14.3. The molecule has 0 spiro atoms. The van der Waals surface area contributed by atoms with Gasteiger partial charge in [0.1, 0.15) is 5.82 Å². The monoisotopic (exact) mass is 422 g/mol. The van der Waals surface area contributed by atoms with Crippen LogP contribution in [0.25, 0.3) is 0 Å². The second-order valence-corrected chi connectivity index (χ2v) is 7.23. The van der Waals surface area contributed by atoms with Gasteiger partial charge >= 0.3 is 0 Å². The Kier molecular flexibility index (Phi) is 16.8. The summed E-state index contributed by atoms with van der Waals surface area (Å²) in [6.07, 6.45) is 13.0. The number of hydrogen-bond acceptors (Lipinski definition) is 8. The summed E-state index contributed by atoms with van der Waals surface area (Å²) in [6, 6.07) is 0. The van der Waals surface area contributed by atoms with Gasteiger partial charge in [-0.1, -0.05) is 57.9 Å². The summed E-state index contributed by atoms with van der Waals surface area (Å²) in [4.78, 5) is 13.5. The van der Waals surface area contributed by atoms with Gasteiger partial charge in [-0.25, -0.2) is 0 Å². The van der Waals surface area contributed by atoms with Crippen LogP contribution in [0.4, 0.5) is 11.9 Å². The second-order valence-electron chi connectivity index (χ2n) is 7.23. The Bertz CT molecular complexity index is 506. The van der Waals surface area contributed by atoms with Crippen LogP contribution in [-0.4, -0.2) is 61.0 Å². The van der Waals surface area contributed by atoms with Crippen molar-refractivity contribution in [3.63, 3.8) is 0 Å². The van der Waals surface area contributed by atoms with Crippen LogP contribution in [0.15, 0.2) is 12.7 Å². The topological polar surface area (TPSA) is 107 Å². The zero-order valence-corrected chi connectivity index (χ0v) is 18.8. The maximum absolute atomic E-state index is 5.53. The predicted molar refractivity (Wildman–Crippen MR) is 124 cm³/mol. The van der Waals surface area contributed by atoms with Crippen LogP contribution in [0.1, 0.15) is 64.1 Å². The number of anilines is 2. The molecule has 1 heterocycles. The zero-order chi connectivity index (χ0) is 21.7. The quantitative estimate of drug-likeness (QED) is 0.204. The van der Waals surface area contributed by atoms with Gasteiger partial charge in [0, 0.05) is 26.1 Å². The first kappa shape index (κ1) is 26.3. The fourth-order valence-electron chi connectivity index (χ4n) is 2.91. The fourth-order valence-corrected chi connectivity index (χ4v) is 2.91. The van der Waals surface area contributed by atoms with E-state index >= 15 is 0 Å². The van der Waals surface area contributed by atoms with Crippen molar-refractivity contribution in [2.45, 2.75) is 64.7 Å². The minimum Gasteiger partial charge on any atom is -0.378 e. The average molecular weight is 423 g/mol. The second kappa shape index (κ2) is 19.2. The Morgan fingerprint density at radius 1 is 0.833 bits per heavy atom. The van der Waals surface area contributed by atoms with Crippen molar-refractivity contribution in [2.24, 2.45) is 5.73 Å². The van der Waals surface area contributed by atoms with Crippen LogP contribution in [0, 0.1) is 0 Å². The Hall–Kier alpha value is -1.77. The smallest absolute Gasteiger partial charge is 0.227 e. The minimum atomic E-state index is 0.532. The van der Waals surface area contributed by atoms with Crippen LogP contribution in [0.2, 0.25) is 0 Å². The first-order chi connectivity index (χ1) is 14.8. The Labute approximate surface area is 182 Å². The Morgan fingerprint density at radius 2 is 1.47 bits per heavy atom. The summed E-state index contributed by atoms with van der Waals surface area (Å²) in [5.74, 6) is 1.98. The lowest BCUT2D eigenvalue weighted by molar-refractivity contribution is 0.0547. The highest BCUT2D eigenvalue weighted by molar-refractivity contribution is 5.34. The van der Waals surface area contributed by atoms with Crippen molar-refractivity contribution < 1.29 is 9.47 Å². The first-order valence-corrected chi connectivity index (χ1v) is 11.5. The molecule has 0 saturated carbocycles. The van der Waals surface area contributed by atoms with Crippen LogP contribution >= 0.6 is 0 Å². The van der Waals surface area contributed by atoms with Gasteiger partial charge in [-0.3, -0.25) is 0 Å². The SMILES string of the molecule is C=CCNc1nc(CCCCCCCCCC)nc(NCCOCCOCCN)n1. The van der Waals surface area contributed by atoms with E-state index < -0.39 is 0 Å². The molecule has 0 aliphatic heterocycles. The molecule has 0 aliphatic carbocycles. The maximum atomic E-state index is 5.53. The highest BCUT2D eigenvalue weighted by atomic mass is 16.5. The molecule has 1 aromatic heterocycles. The molecule has 1 rings (SSSR count). The van der Waals surface area contributed by atoms with Crippen LogP contribution < -0.4 is 16.4 Å². The molecule has 0 aromatic carbocycles. The molecule has 0 fully saturated rings. The van der Waals surface area contributed by atoms with Crippen LogP contribution in [-0.2, 0) is 15.9 Å². The summed E-state index contributed by atoms with van der Waals surface area (Å²) in [7, 11) is 0. The Balaban J connectivity index is 2.34. The van der Waals surface area contributed by atoms with Crippen molar-refractivity contribution in [3.8, 4) is 0 Å². The number of rotatable bonds is 21. The van der Waals surface area contributed by atoms with E-state index in [4.69, 9.17) is 15.2 Å². The lowest BCUT2D eigenvalue weighted by Crippen LogP contribution is -2.17. The molecule has 4 N–H and O–H groups in total. The highest BCUT2D eigenvalue weighted by Crippen LogP contribution is 2.12. The summed E-state index contributed by atoms with van der Waals surface area (Å²) in [5, 5.41) is 6.38. The molecule has 172 valence electrons. The number of unbranched alkanes of at least 4 members (excludes halogenated alkanes) is 7. The van der Waals surface area contributed by atoms with Gasteiger partial charge in [0.15, 0.2) is 0 Å². The third-order valence-corrected chi connectivity index (χ3v) is 4.50. The molecular weight excluding hydrogens is 380 g/mol. The number of nitrogens with one attached hydrogen (secondary N) is 2. The Morgan fingerprint density at radius 3 is 2.13 bits per heavy atom. The van der Waals surface area contributed by atoms with Crippen LogP contribution in [0.3, 0.4) is 0 Å². The molecule has 1 aromatic rings. The maximum Gasteiger partial charge on any atom is 0.227 e. The minimum absolute atomic E-state index is 0.532. The lowest BCUT2D eigenvalue weighted by atomic mass is 10.1. The highest BCUT2D eigenvalue weighted by Gasteiger charge is 2.06. The van der Waals surface area contributed by atoms with E-state index in [1.165, 1.54) is 44.9 Å². The molecule has 8 nitrogen and oxygen atoms in total. The van der Waals surface area contributed by atoms with Gasteiger partial charge in [-0.15, -0.1) is 6.58 Å². The lowest BCUT2D eigenvalue weighted by Gasteiger charge is -2.10. The number of nitrogens with zero attached hydrogens (tertiary/aromatic N) is 3. The van der Waals surface area contributed by atoms with Crippen molar-refractivity contribution in [1.82, 2.24) is 15.0 Å². The predicted octanol–water partition coefficient (Wildman–Crippen LogP) is 3.56. The van der Waals surface area contributed by atoms with Crippen molar-refractivity contribution >= 4 is 11.9 Å². The van der Waals surface area contributed by atoms with Gasteiger partial charge in [0.2, 0.25) is 11.9 Å². The normalized spacial score (nSPS) is 10.9. The van der Waals surface area contributed by atoms with Gasteiger partial charge in [-0.2, -0.15) is 15.0 Å². The molecule has 0 amide bonds. The van der Waals surface area contributed by atoms with Gasteiger partial charge in [-0.05, 0) is 6.42 Å². The summed E-state index contributed by atoms with van der Waals surface area (Å²) >= 11 is 0. The molecule has 0 bridgehead atoms. The van der Waals surface area contributed by atoms with E-state index in [1.54, 1.807) is 6.08 Å². The number of nitrogens with two attached hydrogens (primary N) is 1. The average Bonchev–Trinajstić information content (AvgIpc) is 2.76. The standard InChI is InChI=1S/C22H42N6O2/c1-3-5-6-7-8-9-10-11-12-20-26-21(24-14-4-2)28-22(27-20)25-15-17-30-19-18-29-16-13-23/h4H,2-3,5-19,23H2,1H3,(H2,24,25,26,27,28). The molecule has 0 unspecified atom stereocenters. The van der Waals surface area contributed by atoms with E-state index in [9.17, 15) is 0 Å². The van der Waals surface area contributed by atoms with Crippen molar-refractivity contribution in [2.75, 3.05) is 56.7 Å². The van der Waals surface area contributed by atoms with Gasteiger partial charge in [0.05, 0.1) is 26.4 Å². The van der Waals surface area contributed by atoms with E-state index in [-0.39, 0.29) is 0 Å². The number of aryl methyl sites for hydroxylation is 1. The summed E-state index contributed by atoms with van der Waals surface area (Å²) < 4.78 is 10.8. The number of ether oxygens (including phenoxy) is 2. The van der Waals surface area contributed by atoms with Crippen molar-refractivity contribution in [3.05, 3.63) is 18.5 Å². The first-order valence-electron chi connectivity index (χ1n) is 11.5. The third-order valence-electron chi connectivity index (χ3n) is 4.50. The largest absolute Gasteiger partial charge is 0.378 e. The van der Waals surface area contributed by atoms with Crippen molar-refractivity contribution in [1.29, 1.82) is 0 Å². The molecule has 30 heavy (non-hydrogen) atoms. The molecule has 0 saturated heterocycles. The van der Waals surface area contributed by atoms with E-state index in [0.717, 1.165) is 18.7 Å². The zero-order valence-electron chi connectivity index (χ0n) is 18.8. The van der Waals surface area contributed by atoms with Gasteiger partial charge < -0.3 is 25.8 Å². The summed E-state index contributed by atoms with van der Waals surface area (Å²) in [5.41, 5.74) is 5.37. The number of aromatic nitrogens is 3. The van der Waals surface area contributed by atoms with E-state index in [1.807, 2.05) is 0 Å². The molecule has 0 atom stereocenters. The van der Waals surface area contributed by atoms with E-state index in [2.05, 4.69) is 39.1 Å². The van der Waals surface area contributed by atoms with E-state index in [0.29, 0.717) is 58.0 Å². The molecule has 0 radical (unpaired) electrons. The molecule has 8 heteroatoms. The molecule has 0 aliphatic rings. The van der Waals surface area contributed by atoms with Crippen LogP contribution in [0.5, 0.6) is 0 Å². The summed E-state index contributed by atoms with van der Waals surface area (Å²) in [6.45, 7) is 9.98. The fraction of sp³-hybridized carbons (Fsp3) is 0.773. The number of hydrogen-bond donors (Lipinski definition) is 3.